The quantitative estimate of drug-likeness (QED) is 0.288. The first-order valence-corrected chi connectivity index (χ1v) is 9.70. The summed E-state index contributed by atoms with van der Waals surface area (Å²) in [5, 5.41) is 0. The largest absolute Gasteiger partial charge is 0.103 e. The Hall–Kier alpha value is -2.08. The van der Waals surface area contributed by atoms with Gasteiger partial charge in [0.05, 0.1) is 0 Å². The third-order valence-electron chi connectivity index (χ3n) is 4.83. The molecule has 0 unspecified atom stereocenters. The number of unbranched alkanes of at least 4 members (excludes halogenated alkanes) is 4. The van der Waals surface area contributed by atoms with Crippen LogP contribution in [0.2, 0.25) is 0 Å². The van der Waals surface area contributed by atoms with Gasteiger partial charge in [0.2, 0.25) is 0 Å². The molecular formula is C25H32. The monoisotopic (exact) mass is 332 g/mol. The molecule has 0 nitrogen and oxygen atoms in total. The Balaban J connectivity index is 2.03. The van der Waals surface area contributed by atoms with Crippen molar-refractivity contribution in [3.63, 3.8) is 0 Å². The van der Waals surface area contributed by atoms with E-state index in [2.05, 4.69) is 61.7 Å². The van der Waals surface area contributed by atoms with Gasteiger partial charge in [-0.3, -0.25) is 0 Å². The molecule has 2 aromatic carbocycles. The molecule has 0 atom stereocenters. The molecule has 0 spiro atoms. The molecule has 0 bridgehead atoms. The summed E-state index contributed by atoms with van der Waals surface area (Å²) in [5.41, 5.74) is 5.99. The molecule has 0 heteroatoms. The Morgan fingerprint density at radius 3 is 1.36 bits per heavy atom. The fourth-order valence-electron chi connectivity index (χ4n) is 3.36. The molecule has 0 N–H and O–H groups in total. The molecule has 0 aromatic heterocycles. The number of hydrogen-bond acceptors (Lipinski definition) is 0. The van der Waals surface area contributed by atoms with E-state index in [0.29, 0.717) is 0 Å². The van der Waals surface area contributed by atoms with Gasteiger partial charge in [-0.25, -0.2) is 0 Å². The lowest BCUT2D eigenvalue weighted by Gasteiger charge is -2.13. The Morgan fingerprint density at radius 1 is 0.560 bits per heavy atom. The maximum absolute atomic E-state index is 3.82. The highest BCUT2D eigenvalue weighted by molar-refractivity contribution is 5.36. The summed E-state index contributed by atoms with van der Waals surface area (Å²) in [6.45, 7) is 7.64. The zero-order valence-electron chi connectivity index (χ0n) is 15.6. The van der Waals surface area contributed by atoms with Crippen LogP contribution in [0.5, 0.6) is 0 Å². The molecule has 0 saturated heterocycles. The Morgan fingerprint density at radius 2 is 0.960 bits per heavy atom. The van der Waals surface area contributed by atoms with Crippen LogP contribution in [-0.4, -0.2) is 0 Å². The van der Waals surface area contributed by atoms with Gasteiger partial charge < -0.3 is 0 Å². The Bertz CT molecular complexity index is 593. The van der Waals surface area contributed by atoms with E-state index < -0.39 is 0 Å². The smallest absolute Gasteiger partial charge is 0.00203 e. The van der Waals surface area contributed by atoms with E-state index in [1.165, 1.54) is 60.8 Å². The van der Waals surface area contributed by atoms with Gasteiger partial charge in [0.25, 0.3) is 0 Å². The minimum Gasteiger partial charge on any atom is -0.103 e. The second kappa shape index (κ2) is 11.5. The first kappa shape index (κ1) is 19.2. The molecular weight excluding hydrogens is 300 g/mol. The van der Waals surface area contributed by atoms with Crippen molar-refractivity contribution in [2.45, 2.75) is 57.8 Å². The van der Waals surface area contributed by atoms with Crippen molar-refractivity contribution in [2.24, 2.45) is 0 Å². The summed E-state index contributed by atoms with van der Waals surface area (Å²) in [7, 11) is 0. The second-order valence-corrected chi connectivity index (χ2v) is 6.78. The van der Waals surface area contributed by atoms with Crippen molar-refractivity contribution in [1.82, 2.24) is 0 Å². The summed E-state index contributed by atoms with van der Waals surface area (Å²) in [6.07, 6.45) is 14.6. The zero-order valence-corrected chi connectivity index (χ0v) is 15.6. The van der Waals surface area contributed by atoms with Crippen LogP contribution in [0.25, 0.3) is 0 Å². The van der Waals surface area contributed by atoms with Crippen LogP contribution in [0, 0.1) is 0 Å². The summed E-state index contributed by atoms with van der Waals surface area (Å²) >= 11 is 0. The van der Waals surface area contributed by atoms with Crippen molar-refractivity contribution < 1.29 is 0 Å². The van der Waals surface area contributed by atoms with Crippen molar-refractivity contribution in [3.05, 3.63) is 96.1 Å². The lowest BCUT2D eigenvalue weighted by Crippen LogP contribution is -2.00. The minimum absolute atomic E-state index is 1.05. The lowest BCUT2D eigenvalue weighted by atomic mass is 9.92. The molecule has 2 rings (SSSR count). The van der Waals surface area contributed by atoms with Crippen molar-refractivity contribution >= 4 is 0 Å². The highest BCUT2D eigenvalue weighted by atomic mass is 14.1. The standard InChI is InChI=1S/C25H32/c1-3-5-7-9-15-22-17-11-13-19-24(22)21-25-20-14-12-18-23(25)16-10-8-6-4-2/h3-4,11-14,17-20H,1-2,5-10,15-16,21H2. The fraction of sp³-hybridized carbons (Fsp3) is 0.360. The zero-order chi connectivity index (χ0) is 17.7. The molecule has 0 amide bonds. The van der Waals surface area contributed by atoms with Crippen LogP contribution in [0.1, 0.15) is 60.8 Å². The topological polar surface area (TPSA) is 0 Å². The predicted octanol–water partition coefficient (Wildman–Crippen LogP) is 7.08. The van der Waals surface area contributed by atoms with Crippen molar-refractivity contribution in [2.75, 3.05) is 0 Å². The van der Waals surface area contributed by atoms with Gasteiger partial charge in [0.1, 0.15) is 0 Å². The normalized spacial score (nSPS) is 10.6. The number of benzene rings is 2. The number of rotatable bonds is 12. The van der Waals surface area contributed by atoms with Crippen LogP contribution in [0.3, 0.4) is 0 Å². The van der Waals surface area contributed by atoms with Gasteiger partial charge in [0.15, 0.2) is 0 Å². The van der Waals surface area contributed by atoms with Crippen LogP contribution >= 0.6 is 0 Å². The van der Waals surface area contributed by atoms with Crippen LogP contribution in [-0.2, 0) is 19.3 Å². The maximum atomic E-state index is 3.82. The highest BCUT2D eigenvalue weighted by Crippen LogP contribution is 2.21. The lowest BCUT2D eigenvalue weighted by molar-refractivity contribution is 0.739. The molecule has 0 saturated carbocycles. The van der Waals surface area contributed by atoms with Gasteiger partial charge in [-0.1, -0.05) is 60.7 Å². The molecule has 132 valence electrons. The number of hydrogen-bond donors (Lipinski definition) is 0. The van der Waals surface area contributed by atoms with Crippen molar-refractivity contribution in [1.29, 1.82) is 0 Å². The van der Waals surface area contributed by atoms with Gasteiger partial charge in [-0.15, -0.1) is 13.2 Å². The SMILES string of the molecule is C=CCCCCc1ccccc1Cc1ccccc1CCCCC=C. The number of aryl methyl sites for hydroxylation is 2. The summed E-state index contributed by atoms with van der Waals surface area (Å²) in [5.74, 6) is 0. The average molecular weight is 333 g/mol. The summed E-state index contributed by atoms with van der Waals surface area (Å²) in [4.78, 5) is 0. The van der Waals surface area contributed by atoms with Crippen LogP contribution in [0.4, 0.5) is 0 Å². The maximum Gasteiger partial charge on any atom is -0.00203 e. The van der Waals surface area contributed by atoms with E-state index in [9.17, 15) is 0 Å². The molecule has 0 aliphatic carbocycles. The van der Waals surface area contributed by atoms with E-state index >= 15 is 0 Å². The van der Waals surface area contributed by atoms with E-state index in [4.69, 9.17) is 0 Å². The molecule has 2 aromatic rings. The van der Waals surface area contributed by atoms with Crippen LogP contribution < -0.4 is 0 Å². The average Bonchev–Trinajstić information content (AvgIpc) is 2.65. The van der Waals surface area contributed by atoms with Crippen molar-refractivity contribution in [3.8, 4) is 0 Å². The molecule has 25 heavy (non-hydrogen) atoms. The van der Waals surface area contributed by atoms with Gasteiger partial charge in [0, 0.05) is 0 Å². The first-order valence-electron chi connectivity index (χ1n) is 9.70. The highest BCUT2D eigenvalue weighted by Gasteiger charge is 2.07. The van der Waals surface area contributed by atoms with Crippen LogP contribution in [0.15, 0.2) is 73.8 Å². The third-order valence-corrected chi connectivity index (χ3v) is 4.83. The molecule has 0 fully saturated rings. The summed E-state index contributed by atoms with van der Waals surface area (Å²) in [6, 6.07) is 17.9. The van der Waals surface area contributed by atoms with E-state index in [-0.39, 0.29) is 0 Å². The van der Waals surface area contributed by atoms with E-state index in [0.717, 1.165) is 19.3 Å². The fourth-order valence-corrected chi connectivity index (χ4v) is 3.36. The Kier molecular flexibility index (Phi) is 8.83. The predicted molar refractivity (Wildman–Crippen MR) is 111 cm³/mol. The van der Waals surface area contributed by atoms with Gasteiger partial charge in [-0.2, -0.15) is 0 Å². The summed E-state index contributed by atoms with van der Waals surface area (Å²) < 4.78 is 0. The number of allylic oxidation sites excluding steroid dienone is 2. The third kappa shape index (κ3) is 6.74. The molecule has 0 aliphatic rings. The first-order chi connectivity index (χ1) is 12.3. The Labute approximate surface area is 154 Å². The van der Waals surface area contributed by atoms with Gasteiger partial charge in [-0.05, 0) is 80.0 Å². The molecule has 0 radical (unpaired) electrons. The second-order valence-electron chi connectivity index (χ2n) is 6.78. The van der Waals surface area contributed by atoms with E-state index in [1.807, 2.05) is 12.2 Å². The van der Waals surface area contributed by atoms with Gasteiger partial charge >= 0.3 is 0 Å². The van der Waals surface area contributed by atoms with E-state index in [1.54, 1.807) is 0 Å². The molecule has 0 aliphatic heterocycles. The molecule has 0 heterocycles. The minimum atomic E-state index is 1.05.